The lowest BCUT2D eigenvalue weighted by atomic mass is 10.2. The van der Waals surface area contributed by atoms with Crippen molar-refractivity contribution in [2.75, 3.05) is 13.1 Å². The highest BCUT2D eigenvalue weighted by Crippen LogP contribution is 1.92. The predicted octanol–water partition coefficient (Wildman–Crippen LogP) is 1.20. The first-order valence-corrected chi connectivity index (χ1v) is 4.85. The predicted molar refractivity (Wildman–Crippen MR) is 55.3 cm³/mol. The van der Waals surface area contributed by atoms with Gasteiger partial charge in [0.15, 0.2) is 0 Å². The third-order valence-electron chi connectivity index (χ3n) is 1.87. The average molecular weight is 184 g/mol. The van der Waals surface area contributed by atoms with Gasteiger partial charge in [-0.1, -0.05) is 19.4 Å². The van der Waals surface area contributed by atoms with E-state index in [0.29, 0.717) is 5.57 Å². The summed E-state index contributed by atoms with van der Waals surface area (Å²) < 4.78 is 0. The van der Waals surface area contributed by atoms with Crippen molar-refractivity contribution < 1.29 is 4.79 Å². The monoisotopic (exact) mass is 184 g/mol. The van der Waals surface area contributed by atoms with Gasteiger partial charge in [-0.2, -0.15) is 0 Å². The van der Waals surface area contributed by atoms with Crippen LogP contribution in [0, 0.1) is 0 Å². The Morgan fingerprint density at radius 2 is 2.15 bits per heavy atom. The molecular weight excluding hydrogens is 164 g/mol. The van der Waals surface area contributed by atoms with Gasteiger partial charge in [0.05, 0.1) is 0 Å². The number of unbranched alkanes of at least 4 members (excludes halogenated alkanes) is 1. The second-order valence-electron chi connectivity index (χ2n) is 3.14. The van der Waals surface area contributed by atoms with E-state index in [2.05, 4.69) is 12.2 Å². The van der Waals surface area contributed by atoms with Gasteiger partial charge in [0.2, 0.25) is 5.91 Å². The van der Waals surface area contributed by atoms with Crippen LogP contribution in [0.5, 0.6) is 0 Å². The van der Waals surface area contributed by atoms with Crippen LogP contribution in [0.3, 0.4) is 0 Å². The second-order valence-corrected chi connectivity index (χ2v) is 3.14. The number of rotatable bonds is 7. The molecule has 0 rings (SSSR count). The minimum Gasteiger partial charge on any atom is -0.366 e. The van der Waals surface area contributed by atoms with Crippen LogP contribution >= 0.6 is 0 Å². The van der Waals surface area contributed by atoms with Gasteiger partial charge in [-0.3, -0.25) is 4.79 Å². The lowest BCUT2D eigenvalue weighted by molar-refractivity contribution is -0.114. The molecule has 0 atom stereocenters. The largest absolute Gasteiger partial charge is 0.366 e. The van der Waals surface area contributed by atoms with Crippen LogP contribution < -0.4 is 11.1 Å². The Hall–Kier alpha value is -0.830. The van der Waals surface area contributed by atoms with Crippen molar-refractivity contribution in [3.05, 3.63) is 11.6 Å². The first-order chi connectivity index (χ1) is 6.18. The van der Waals surface area contributed by atoms with E-state index in [4.69, 9.17) is 5.73 Å². The zero-order valence-electron chi connectivity index (χ0n) is 8.60. The van der Waals surface area contributed by atoms with Gasteiger partial charge in [0.25, 0.3) is 0 Å². The number of primary amides is 1. The van der Waals surface area contributed by atoms with Gasteiger partial charge < -0.3 is 11.1 Å². The molecule has 13 heavy (non-hydrogen) atoms. The summed E-state index contributed by atoms with van der Waals surface area (Å²) in [6, 6.07) is 0. The van der Waals surface area contributed by atoms with E-state index in [0.717, 1.165) is 19.5 Å². The second kappa shape index (κ2) is 7.80. The zero-order valence-corrected chi connectivity index (χ0v) is 8.60. The fourth-order valence-electron chi connectivity index (χ4n) is 0.918. The molecule has 3 heteroatoms. The van der Waals surface area contributed by atoms with Gasteiger partial charge in [-0.15, -0.1) is 0 Å². The Morgan fingerprint density at radius 3 is 2.69 bits per heavy atom. The van der Waals surface area contributed by atoms with Crippen molar-refractivity contribution in [2.24, 2.45) is 5.73 Å². The lowest BCUT2D eigenvalue weighted by Crippen LogP contribution is -2.16. The molecule has 1 amide bonds. The molecule has 0 aromatic rings. The van der Waals surface area contributed by atoms with Crippen molar-refractivity contribution in [3.63, 3.8) is 0 Å². The van der Waals surface area contributed by atoms with Crippen molar-refractivity contribution in [3.8, 4) is 0 Å². The molecule has 0 aromatic heterocycles. The zero-order chi connectivity index (χ0) is 10.1. The van der Waals surface area contributed by atoms with Crippen molar-refractivity contribution in [1.82, 2.24) is 5.32 Å². The molecule has 0 spiro atoms. The number of hydrogen-bond donors (Lipinski definition) is 2. The fraction of sp³-hybridized carbons (Fsp3) is 0.700. The Balaban J connectivity index is 3.34. The molecule has 0 bridgehead atoms. The summed E-state index contributed by atoms with van der Waals surface area (Å²) in [5, 5.41) is 3.28. The SMILES string of the molecule is CCCCNCCC=C(C)C(N)=O. The van der Waals surface area contributed by atoms with E-state index in [1.54, 1.807) is 6.92 Å². The van der Waals surface area contributed by atoms with Crippen LogP contribution in [0.15, 0.2) is 11.6 Å². The molecule has 0 radical (unpaired) electrons. The molecular formula is C10H20N2O. The summed E-state index contributed by atoms with van der Waals surface area (Å²) in [5.41, 5.74) is 5.72. The topological polar surface area (TPSA) is 55.1 Å². The number of nitrogens with two attached hydrogens (primary N) is 1. The van der Waals surface area contributed by atoms with E-state index in [1.807, 2.05) is 6.08 Å². The molecule has 0 heterocycles. The maximum Gasteiger partial charge on any atom is 0.244 e. The fourth-order valence-corrected chi connectivity index (χ4v) is 0.918. The first kappa shape index (κ1) is 12.2. The third kappa shape index (κ3) is 7.53. The van der Waals surface area contributed by atoms with Gasteiger partial charge in [-0.05, 0) is 32.9 Å². The Morgan fingerprint density at radius 1 is 1.46 bits per heavy atom. The van der Waals surface area contributed by atoms with E-state index < -0.39 is 0 Å². The molecule has 0 saturated carbocycles. The van der Waals surface area contributed by atoms with Gasteiger partial charge >= 0.3 is 0 Å². The summed E-state index contributed by atoms with van der Waals surface area (Å²) in [6.45, 7) is 5.89. The lowest BCUT2D eigenvalue weighted by Gasteiger charge is -2.00. The normalized spacial score (nSPS) is 11.7. The number of amides is 1. The van der Waals surface area contributed by atoms with Gasteiger partial charge in [0.1, 0.15) is 0 Å². The van der Waals surface area contributed by atoms with Crippen LogP contribution in [-0.4, -0.2) is 19.0 Å². The van der Waals surface area contributed by atoms with Crippen molar-refractivity contribution in [2.45, 2.75) is 33.1 Å². The summed E-state index contributed by atoms with van der Waals surface area (Å²) in [7, 11) is 0. The highest BCUT2D eigenvalue weighted by atomic mass is 16.1. The van der Waals surface area contributed by atoms with E-state index in [1.165, 1.54) is 12.8 Å². The highest BCUT2D eigenvalue weighted by Gasteiger charge is 1.94. The van der Waals surface area contributed by atoms with Crippen LogP contribution in [-0.2, 0) is 4.79 Å². The van der Waals surface area contributed by atoms with Crippen LogP contribution in [0.1, 0.15) is 33.1 Å². The van der Waals surface area contributed by atoms with Gasteiger partial charge in [0, 0.05) is 5.57 Å². The Bertz CT molecular complexity index is 176. The van der Waals surface area contributed by atoms with E-state index >= 15 is 0 Å². The van der Waals surface area contributed by atoms with Crippen LogP contribution in [0.25, 0.3) is 0 Å². The summed E-state index contributed by atoms with van der Waals surface area (Å²) in [6.07, 6.45) is 5.17. The molecule has 0 unspecified atom stereocenters. The molecule has 0 aliphatic heterocycles. The Kier molecular flexibility index (Phi) is 7.30. The smallest absolute Gasteiger partial charge is 0.244 e. The minimum atomic E-state index is -0.325. The number of carbonyl (C=O) groups excluding carboxylic acids is 1. The number of carbonyl (C=O) groups is 1. The molecule has 0 aromatic carbocycles. The van der Waals surface area contributed by atoms with E-state index in [-0.39, 0.29) is 5.91 Å². The van der Waals surface area contributed by atoms with E-state index in [9.17, 15) is 4.79 Å². The molecule has 3 nitrogen and oxygen atoms in total. The molecule has 0 aliphatic rings. The average Bonchev–Trinajstić information content (AvgIpc) is 2.10. The van der Waals surface area contributed by atoms with Crippen molar-refractivity contribution >= 4 is 5.91 Å². The van der Waals surface area contributed by atoms with Crippen LogP contribution in [0.4, 0.5) is 0 Å². The first-order valence-electron chi connectivity index (χ1n) is 4.85. The number of nitrogens with one attached hydrogen (secondary N) is 1. The molecule has 3 N–H and O–H groups in total. The maximum atomic E-state index is 10.6. The Labute approximate surface area is 80.4 Å². The van der Waals surface area contributed by atoms with Gasteiger partial charge in [-0.25, -0.2) is 0 Å². The summed E-state index contributed by atoms with van der Waals surface area (Å²) >= 11 is 0. The summed E-state index contributed by atoms with van der Waals surface area (Å²) in [5.74, 6) is -0.325. The quantitative estimate of drug-likeness (QED) is 0.461. The minimum absolute atomic E-state index is 0.325. The molecule has 0 fully saturated rings. The van der Waals surface area contributed by atoms with Crippen molar-refractivity contribution in [1.29, 1.82) is 0 Å². The standard InChI is InChI=1S/C10H20N2O/c1-3-4-7-12-8-5-6-9(2)10(11)13/h6,12H,3-5,7-8H2,1-2H3,(H2,11,13). The third-order valence-corrected chi connectivity index (χ3v) is 1.87. The number of hydrogen-bond acceptors (Lipinski definition) is 2. The molecule has 0 saturated heterocycles. The maximum absolute atomic E-state index is 10.6. The molecule has 76 valence electrons. The molecule has 0 aliphatic carbocycles. The van der Waals surface area contributed by atoms with Crippen LogP contribution in [0.2, 0.25) is 0 Å². The summed E-state index contributed by atoms with van der Waals surface area (Å²) in [4.78, 5) is 10.6. The highest BCUT2D eigenvalue weighted by molar-refractivity contribution is 5.91.